The number of carbonyl (C=O) groups excluding carboxylic acids is 2. The molecule has 0 N–H and O–H groups in total. The fourth-order valence-corrected chi connectivity index (χ4v) is 2.06. The summed E-state index contributed by atoms with van der Waals surface area (Å²) in [6.07, 6.45) is 1.92. The van der Waals surface area contributed by atoms with Crippen LogP contribution in [0.15, 0.2) is 29.4 Å². The van der Waals surface area contributed by atoms with E-state index in [-0.39, 0.29) is 11.8 Å². The lowest BCUT2D eigenvalue weighted by Gasteiger charge is -2.19. The standard InChI is InChI=1S/C18H25N3O4/c1-18(2,3)25-17(23)7-5-13-24-12-4-6-16(22)14-8-10-15(11-9-14)20-21-19/h8-11H,4-7,12-13H2,1-3H3. The second-order valence-corrected chi connectivity index (χ2v) is 6.57. The average Bonchev–Trinajstić information content (AvgIpc) is 2.53. The summed E-state index contributed by atoms with van der Waals surface area (Å²) in [5.74, 6) is -0.208. The Labute approximate surface area is 147 Å². The Hall–Kier alpha value is -2.37. The van der Waals surface area contributed by atoms with Crippen molar-refractivity contribution >= 4 is 17.4 Å². The second kappa shape index (κ2) is 10.5. The van der Waals surface area contributed by atoms with Gasteiger partial charge in [0.25, 0.3) is 0 Å². The number of benzene rings is 1. The predicted molar refractivity (Wildman–Crippen MR) is 94.7 cm³/mol. The van der Waals surface area contributed by atoms with Crippen LogP contribution in [0.1, 0.15) is 56.8 Å². The van der Waals surface area contributed by atoms with Crippen LogP contribution in [0.25, 0.3) is 10.4 Å². The van der Waals surface area contributed by atoms with Crippen molar-refractivity contribution < 1.29 is 19.1 Å². The molecule has 25 heavy (non-hydrogen) atoms. The third-order valence-corrected chi connectivity index (χ3v) is 3.13. The van der Waals surface area contributed by atoms with Gasteiger partial charge in [0.15, 0.2) is 5.78 Å². The SMILES string of the molecule is CC(C)(C)OC(=O)CCCOCCCC(=O)c1ccc(N=[N+]=[N-])cc1. The summed E-state index contributed by atoms with van der Waals surface area (Å²) in [5.41, 5.74) is 8.94. The minimum Gasteiger partial charge on any atom is -0.460 e. The van der Waals surface area contributed by atoms with E-state index < -0.39 is 5.60 Å². The number of Topliss-reactive ketones (excluding diaryl/α,β-unsaturated/α-hetero) is 1. The summed E-state index contributed by atoms with van der Waals surface area (Å²) in [7, 11) is 0. The fourth-order valence-electron chi connectivity index (χ4n) is 2.06. The topological polar surface area (TPSA) is 101 Å². The number of esters is 1. The fraction of sp³-hybridized carbons (Fsp3) is 0.556. The van der Waals surface area contributed by atoms with E-state index in [2.05, 4.69) is 10.0 Å². The zero-order valence-electron chi connectivity index (χ0n) is 15.0. The zero-order chi connectivity index (χ0) is 18.7. The lowest BCUT2D eigenvalue weighted by molar-refractivity contribution is -0.155. The van der Waals surface area contributed by atoms with Crippen molar-refractivity contribution in [2.75, 3.05) is 13.2 Å². The average molecular weight is 347 g/mol. The van der Waals surface area contributed by atoms with E-state index in [0.717, 1.165) is 0 Å². The molecule has 7 heteroatoms. The highest BCUT2D eigenvalue weighted by Crippen LogP contribution is 2.15. The molecule has 0 atom stereocenters. The maximum absolute atomic E-state index is 12.0. The van der Waals surface area contributed by atoms with Gasteiger partial charge in [-0.1, -0.05) is 29.4 Å². The molecule has 0 spiro atoms. The molecule has 0 unspecified atom stereocenters. The number of rotatable bonds is 10. The van der Waals surface area contributed by atoms with E-state index in [1.165, 1.54) is 0 Å². The van der Waals surface area contributed by atoms with Crippen LogP contribution < -0.4 is 0 Å². The van der Waals surface area contributed by atoms with Crippen LogP contribution in [0.4, 0.5) is 5.69 Å². The van der Waals surface area contributed by atoms with E-state index in [4.69, 9.17) is 15.0 Å². The molecule has 1 rings (SSSR count). The smallest absolute Gasteiger partial charge is 0.306 e. The molecule has 0 saturated carbocycles. The largest absolute Gasteiger partial charge is 0.460 e. The summed E-state index contributed by atoms with van der Waals surface area (Å²) < 4.78 is 10.6. The third kappa shape index (κ3) is 9.49. The zero-order valence-corrected chi connectivity index (χ0v) is 15.0. The molecule has 0 saturated heterocycles. The molecular weight excluding hydrogens is 322 g/mol. The summed E-state index contributed by atoms with van der Waals surface area (Å²) in [5, 5.41) is 3.46. The van der Waals surface area contributed by atoms with Gasteiger partial charge in [-0.25, -0.2) is 0 Å². The summed E-state index contributed by atoms with van der Waals surface area (Å²) in [4.78, 5) is 26.2. The lowest BCUT2D eigenvalue weighted by atomic mass is 10.1. The van der Waals surface area contributed by atoms with Crippen LogP contribution in [-0.2, 0) is 14.3 Å². The first-order valence-corrected chi connectivity index (χ1v) is 8.30. The summed E-state index contributed by atoms with van der Waals surface area (Å²) in [6, 6.07) is 6.52. The molecule has 0 bridgehead atoms. The number of ether oxygens (including phenoxy) is 2. The van der Waals surface area contributed by atoms with E-state index in [1.54, 1.807) is 24.3 Å². The first-order chi connectivity index (χ1) is 11.8. The van der Waals surface area contributed by atoms with Crippen molar-refractivity contribution in [3.63, 3.8) is 0 Å². The predicted octanol–water partition coefficient (Wildman–Crippen LogP) is 4.73. The molecular formula is C18H25N3O4. The maximum atomic E-state index is 12.0. The molecule has 0 heterocycles. The van der Waals surface area contributed by atoms with Crippen LogP contribution in [0.3, 0.4) is 0 Å². The van der Waals surface area contributed by atoms with Crippen molar-refractivity contribution in [2.45, 2.75) is 52.1 Å². The number of ketones is 1. The van der Waals surface area contributed by atoms with Gasteiger partial charge in [0.05, 0.1) is 0 Å². The molecule has 0 aromatic heterocycles. The summed E-state index contributed by atoms with van der Waals surface area (Å²) in [6.45, 7) is 6.44. The first-order valence-electron chi connectivity index (χ1n) is 8.30. The van der Waals surface area contributed by atoms with Gasteiger partial charge >= 0.3 is 5.97 Å². The van der Waals surface area contributed by atoms with Crippen molar-refractivity contribution in [2.24, 2.45) is 5.11 Å². The van der Waals surface area contributed by atoms with Gasteiger partial charge in [0, 0.05) is 42.2 Å². The number of nitrogens with zero attached hydrogens (tertiary/aromatic N) is 3. The highest BCUT2D eigenvalue weighted by Gasteiger charge is 2.15. The van der Waals surface area contributed by atoms with Gasteiger partial charge in [-0.05, 0) is 39.1 Å². The van der Waals surface area contributed by atoms with Crippen LogP contribution in [-0.4, -0.2) is 30.6 Å². The van der Waals surface area contributed by atoms with Crippen molar-refractivity contribution in [3.05, 3.63) is 40.3 Å². The first kappa shape index (κ1) is 20.7. The Morgan fingerprint density at radius 3 is 2.24 bits per heavy atom. The molecule has 1 aromatic rings. The van der Waals surface area contributed by atoms with Gasteiger partial charge < -0.3 is 9.47 Å². The van der Waals surface area contributed by atoms with Crippen molar-refractivity contribution in [1.29, 1.82) is 0 Å². The molecule has 7 nitrogen and oxygen atoms in total. The van der Waals surface area contributed by atoms with E-state index in [9.17, 15) is 9.59 Å². The molecule has 1 aromatic carbocycles. The number of carbonyl (C=O) groups is 2. The Morgan fingerprint density at radius 1 is 1.08 bits per heavy atom. The van der Waals surface area contributed by atoms with Gasteiger partial charge in [-0.15, -0.1) is 0 Å². The molecule has 136 valence electrons. The van der Waals surface area contributed by atoms with E-state index >= 15 is 0 Å². The Morgan fingerprint density at radius 2 is 1.68 bits per heavy atom. The molecule has 0 aliphatic carbocycles. The Bertz CT molecular complexity index is 614. The molecule has 0 radical (unpaired) electrons. The molecule has 0 fully saturated rings. The highest BCUT2D eigenvalue weighted by molar-refractivity contribution is 5.96. The van der Waals surface area contributed by atoms with Gasteiger partial charge in [-0.3, -0.25) is 9.59 Å². The van der Waals surface area contributed by atoms with Gasteiger partial charge in [0.2, 0.25) is 0 Å². The molecule has 0 aliphatic heterocycles. The number of hydrogen-bond acceptors (Lipinski definition) is 5. The quantitative estimate of drug-likeness (QED) is 0.152. The van der Waals surface area contributed by atoms with Crippen molar-refractivity contribution in [1.82, 2.24) is 0 Å². The molecule has 0 aliphatic rings. The third-order valence-electron chi connectivity index (χ3n) is 3.13. The Balaban J connectivity index is 2.14. The van der Waals surface area contributed by atoms with Crippen molar-refractivity contribution in [3.8, 4) is 0 Å². The van der Waals surface area contributed by atoms with E-state index in [0.29, 0.717) is 50.1 Å². The Kier molecular flexibility index (Phi) is 8.67. The highest BCUT2D eigenvalue weighted by atomic mass is 16.6. The van der Waals surface area contributed by atoms with E-state index in [1.807, 2.05) is 20.8 Å². The summed E-state index contributed by atoms with van der Waals surface area (Å²) >= 11 is 0. The monoisotopic (exact) mass is 347 g/mol. The number of hydrogen-bond donors (Lipinski definition) is 0. The lowest BCUT2D eigenvalue weighted by Crippen LogP contribution is -2.23. The normalized spacial score (nSPS) is 10.8. The minimum atomic E-state index is -0.461. The van der Waals surface area contributed by atoms with Gasteiger partial charge in [-0.2, -0.15) is 0 Å². The van der Waals surface area contributed by atoms with Gasteiger partial charge in [0.1, 0.15) is 5.60 Å². The number of azide groups is 1. The molecule has 0 amide bonds. The van der Waals surface area contributed by atoms with Crippen LogP contribution >= 0.6 is 0 Å². The van der Waals surface area contributed by atoms with Crippen LogP contribution in [0.2, 0.25) is 0 Å². The van der Waals surface area contributed by atoms with Crippen LogP contribution in [0, 0.1) is 0 Å². The van der Waals surface area contributed by atoms with Crippen LogP contribution in [0.5, 0.6) is 0 Å². The maximum Gasteiger partial charge on any atom is 0.306 e. The second-order valence-electron chi connectivity index (χ2n) is 6.57. The minimum absolute atomic E-state index is 0.0184.